The van der Waals surface area contributed by atoms with E-state index >= 15 is 0 Å². The van der Waals surface area contributed by atoms with E-state index in [1.54, 1.807) is 19.2 Å². The van der Waals surface area contributed by atoms with Gasteiger partial charge in [0.05, 0.1) is 12.8 Å². The quantitative estimate of drug-likeness (QED) is 0.862. The second-order valence-electron chi connectivity index (χ2n) is 4.16. The zero-order chi connectivity index (χ0) is 13.0. The minimum atomic E-state index is 0.141. The van der Waals surface area contributed by atoms with Crippen LogP contribution in [-0.2, 0) is 0 Å². The molecule has 2 aromatic carbocycles. The van der Waals surface area contributed by atoms with E-state index in [0.29, 0.717) is 0 Å². The number of nitrogens with one attached hydrogen (secondary N) is 1. The van der Waals surface area contributed by atoms with Crippen LogP contribution in [0.5, 0.6) is 11.5 Å². The summed E-state index contributed by atoms with van der Waals surface area (Å²) in [6.45, 7) is 2.07. The van der Waals surface area contributed by atoms with Crippen molar-refractivity contribution in [1.29, 1.82) is 0 Å². The van der Waals surface area contributed by atoms with E-state index in [2.05, 4.69) is 12.2 Å². The molecule has 94 valence electrons. The highest BCUT2D eigenvalue weighted by molar-refractivity contribution is 5.57. The van der Waals surface area contributed by atoms with Gasteiger partial charge in [0.15, 0.2) is 0 Å². The first-order valence-corrected chi connectivity index (χ1v) is 5.89. The fourth-order valence-electron chi connectivity index (χ4n) is 1.84. The van der Waals surface area contributed by atoms with Gasteiger partial charge in [0.25, 0.3) is 0 Å². The molecule has 1 unspecified atom stereocenters. The van der Waals surface area contributed by atoms with Gasteiger partial charge in [-0.3, -0.25) is 0 Å². The lowest BCUT2D eigenvalue weighted by molar-refractivity contribution is 0.416. The Balaban J connectivity index is 2.15. The molecule has 2 N–H and O–H groups in total. The summed E-state index contributed by atoms with van der Waals surface area (Å²) in [5.41, 5.74) is 2.07. The predicted octanol–water partition coefficient (Wildman–Crippen LogP) is 3.57. The molecule has 3 nitrogen and oxygen atoms in total. The molecule has 0 aliphatic carbocycles. The van der Waals surface area contributed by atoms with E-state index in [1.807, 2.05) is 36.4 Å². The number of rotatable bonds is 4. The van der Waals surface area contributed by atoms with Gasteiger partial charge in [0.2, 0.25) is 0 Å². The van der Waals surface area contributed by atoms with E-state index in [-0.39, 0.29) is 11.8 Å². The molecule has 0 aliphatic heterocycles. The van der Waals surface area contributed by atoms with E-state index in [9.17, 15) is 5.11 Å². The molecular formula is C15H17NO2. The Kier molecular flexibility index (Phi) is 3.72. The van der Waals surface area contributed by atoms with Crippen molar-refractivity contribution >= 4 is 5.69 Å². The van der Waals surface area contributed by atoms with Crippen LogP contribution in [0.4, 0.5) is 5.69 Å². The van der Waals surface area contributed by atoms with E-state index in [4.69, 9.17) is 4.74 Å². The van der Waals surface area contributed by atoms with Crippen molar-refractivity contribution < 1.29 is 9.84 Å². The number of hydrogen-bond acceptors (Lipinski definition) is 3. The first-order valence-electron chi connectivity index (χ1n) is 5.89. The molecule has 0 radical (unpaired) electrons. The van der Waals surface area contributed by atoms with Crippen molar-refractivity contribution in [1.82, 2.24) is 0 Å². The predicted molar refractivity (Wildman–Crippen MR) is 73.1 cm³/mol. The highest BCUT2D eigenvalue weighted by Gasteiger charge is 2.08. The van der Waals surface area contributed by atoms with E-state index in [1.165, 1.54) is 0 Å². The molecule has 18 heavy (non-hydrogen) atoms. The maximum atomic E-state index is 9.27. The van der Waals surface area contributed by atoms with Crippen molar-refractivity contribution in [2.75, 3.05) is 12.4 Å². The highest BCUT2D eigenvalue weighted by atomic mass is 16.5. The monoisotopic (exact) mass is 243 g/mol. The largest absolute Gasteiger partial charge is 0.508 e. The number of phenols is 1. The van der Waals surface area contributed by atoms with Crippen LogP contribution in [0.25, 0.3) is 0 Å². The summed E-state index contributed by atoms with van der Waals surface area (Å²) in [6, 6.07) is 15.1. The molecule has 2 aromatic rings. The first-order chi connectivity index (χ1) is 8.70. The number of ether oxygens (including phenoxy) is 1. The Hall–Kier alpha value is -2.16. The number of para-hydroxylation sites is 2. The maximum absolute atomic E-state index is 9.27. The number of methoxy groups -OCH3 is 1. The molecule has 0 fully saturated rings. The van der Waals surface area contributed by atoms with Gasteiger partial charge in [-0.2, -0.15) is 0 Å². The van der Waals surface area contributed by atoms with Gasteiger partial charge in [-0.25, -0.2) is 0 Å². The Morgan fingerprint density at radius 2 is 1.72 bits per heavy atom. The van der Waals surface area contributed by atoms with Crippen molar-refractivity contribution in [2.24, 2.45) is 0 Å². The zero-order valence-electron chi connectivity index (χ0n) is 10.6. The van der Waals surface area contributed by atoms with Crippen LogP contribution in [0.3, 0.4) is 0 Å². The summed E-state index contributed by atoms with van der Waals surface area (Å²) in [5, 5.41) is 12.7. The highest BCUT2D eigenvalue weighted by Crippen LogP contribution is 2.28. The summed E-state index contributed by atoms with van der Waals surface area (Å²) in [5.74, 6) is 1.10. The van der Waals surface area contributed by atoms with Crippen molar-refractivity contribution in [3.05, 3.63) is 54.1 Å². The third-order valence-corrected chi connectivity index (χ3v) is 2.87. The lowest BCUT2D eigenvalue weighted by atomic mass is 10.1. The minimum Gasteiger partial charge on any atom is -0.508 e. The van der Waals surface area contributed by atoms with Crippen LogP contribution < -0.4 is 10.1 Å². The van der Waals surface area contributed by atoms with Crippen molar-refractivity contribution in [2.45, 2.75) is 13.0 Å². The number of benzene rings is 2. The number of aromatic hydroxyl groups is 1. The molecule has 0 amide bonds. The molecule has 0 spiro atoms. The molecule has 1 atom stereocenters. The molecule has 0 aromatic heterocycles. The van der Waals surface area contributed by atoms with Gasteiger partial charge in [-0.05, 0) is 36.8 Å². The molecule has 0 heterocycles. The molecule has 0 aliphatic rings. The van der Waals surface area contributed by atoms with Gasteiger partial charge >= 0.3 is 0 Å². The molecular weight excluding hydrogens is 226 g/mol. The molecule has 0 saturated heterocycles. The lowest BCUT2D eigenvalue weighted by Gasteiger charge is -2.17. The number of anilines is 1. The molecule has 0 bridgehead atoms. The normalized spacial score (nSPS) is 11.9. The summed E-state index contributed by atoms with van der Waals surface area (Å²) < 4.78 is 5.30. The number of phenolic OH excluding ortho intramolecular Hbond substituents is 1. The zero-order valence-corrected chi connectivity index (χ0v) is 10.6. The van der Waals surface area contributed by atoms with Crippen LogP contribution in [0.1, 0.15) is 18.5 Å². The average molecular weight is 243 g/mol. The fraction of sp³-hybridized carbons (Fsp3) is 0.200. The van der Waals surface area contributed by atoms with Crippen LogP contribution in [0, 0.1) is 0 Å². The Labute approximate surface area is 107 Å². The number of hydrogen-bond donors (Lipinski definition) is 2. The van der Waals surface area contributed by atoms with Gasteiger partial charge in [-0.15, -0.1) is 0 Å². The molecule has 0 saturated carbocycles. The summed E-state index contributed by atoms with van der Waals surface area (Å²) in [7, 11) is 1.66. The fourth-order valence-corrected chi connectivity index (χ4v) is 1.84. The SMILES string of the molecule is COc1ccccc1NC(C)c1ccc(O)cc1. The lowest BCUT2D eigenvalue weighted by Crippen LogP contribution is -2.07. The first kappa shape index (κ1) is 12.3. The van der Waals surface area contributed by atoms with Crippen LogP contribution in [-0.4, -0.2) is 12.2 Å². The molecule has 2 rings (SSSR count). The second-order valence-corrected chi connectivity index (χ2v) is 4.16. The second kappa shape index (κ2) is 5.45. The van der Waals surface area contributed by atoms with Crippen molar-refractivity contribution in [3.8, 4) is 11.5 Å². The smallest absolute Gasteiger partial charge is 0.141 e. The maximum Gasteiger partial charge on any atom is 0.141 e. The van der Waals surface area contributed by atoms with E-state index < -0.39 is 0 Å². The van der Waals surface area contributed by atoms with Crippen LogP contribution in [0.2, 0.25) is 0 Å². The van der Waals surface area contributed by atoms with Gasteiger partial charge in [0, 0.05) is 6.04 Å². The Morgan fingerprint density at radius 3 is 2.39 bits per heavy atom. The average Bonchev–Trinajstić information content (AvgIpc) is 2.40. The van der Waals surface area contributed by atoms with E-state index in [0.717, 1.165) is 17.0 Å². The molecule has 3 heteroatoms. The van der Waals surface area contributed by atoms with Crippen LogP contribution >= 0.6 is 0 Å². The Bertz CT molecular complexity index is 508. The Morgan fingerprint density at radius 1 is 1.06 bits per heavy atom. The third-order valence-electron chi connectivity index (χ3n) is 2.87. The van der Waals surface area contributed by atoms with Gasteiger partial charge in [-0.1, -0.05) is 24.3 Å². The third kappa shape index (κ3) is 2.74. The summed E-state index contributed by atoms with van der Waals surface area (Å²) in [4.78, 5) is 0. The summed E-state index contributed by atoms with van der Waals surface area (Å²) >= 11 is 0. The minimum absolute atomic E-state index is 0.141. The van der Waals surface area contributed by atoms with Crippen LogP contribution in [0.15, 0.2) is 48.5 Å². The standard InChI is InChI=1S/C15H17NO2/c1-11(12-7-9-13(17)10-8-12)16-14-5-3-4-6-15(14)18-2/h3-11,16-17H,1-2H3. The topological polar surface area (TPSA) is 41.5 Å². The summed E-state index contributed by atoms with van der Waals surface area (Å²) in [6.07, 6.45) is 0. The van der Waals surface area contributed by atoms with Crippen molar-refractivity contribution in [3.63, 3.8) is 0 Å². The van der Waals surface area contributed by atoms with Gasteiger partial charge in [0.1, 0.15) is 11.5 Å². The van der Waals surface area contributed by atoms with Gasteiger partial charge < -0.3 is 15.2 Å².